The molecule has 1 amide bonds. The maximum Gasteiger partial charge on any atom is 0.407 e. The van der Waals surface area contributed by atoms with Gasteiger partial charge in [-0.1, -0.05) is 30.3 Å². The van der Waals surface area contributed by atoms with Gasteiger partial charge in [0, 0.05) is 19.6 Å². The predicted octanol–water partition coefficient (Wildman–Crippen LogP) is -0.178. The van der Waals surface area contributed by atoms with Gasteiger partial charge in [-0.25, -0.2) is 4.79 Å². The number of amides is 1. The lowest BCUT2D eigenvalue weighted by atomic mass is 10.2. The smallest absolute Gasteiger partial charge is 0.407 e. The minimum atomic E-state index is -0.544. The number of hydrogen-bond donors (Lipinski definition) is 4. The Hall–Kier alpha value is -1.63. The molecule has 0 bridgehead atoms. The third-order valence-electron chi connectivity index (χ3n) is 2.47. The van der Waals surface area contributed by atoms with Crippen molar-refractivity contribution in [3.8, 4) is 0 Å². The Bertz CT molecular complexity index is 359. The topological polar surface area (TPSA) is 96.6 Å². The molecule has 1 aromatic rings. The Morgan fingerprint density at radius 3 is 2.74 bits per heavy atom. The molecule has 0 heterocycles. The number of carbonyl (C=O) groups excluding carboxylic acids is 1. The molecular formula is C13H21N3O3. The Balaban J connectivity index is 2.25. The average Bonchev–Trinajstić information content (AvgIpc) is 2.45. The number of alkyl carbamates (subject to hydrolysis) is 1. The van der Waals surface area contributed by atoms with E-state index in [-0.39, 0.29) is 19.3 Å². The highest BCUT2D eigenvalue weighted by atomic mass is 16.5. The van der Waals surface area contributed by atoms with Gasteiger partial charge in [-0.05, 0) is 5.56 Å². The van der Waals surface area contributed by atoms with Crippen LogP contribution >= 0.6 is 0 Å². The minimum absolute atomic E-state index is 0.155. The molecule has 6 nitrogen and oxygen atoms in total. The summed E-state index contributed by atoms with van der Waals surface area (Å²) in [5.41, 5.74) is 6.25. The molecule has 0 aliphatic rings. The first-order valence-electron chi connectivity index (χ1n) is 6.25. The second-order valence-corrected chi connectivity index (χ2v) is 4.08. The Kier molecular flexibility index (Phi) is 7.57. The van der Waals surface area contributed by atoms with E-state index in [2.05, 4.69) is 10.6 Å². The lowest BCUT2D eigenvalue weighted by Crippen LogP contribution is -2.45. The molecular weight excluding hydrogens is 246 g/mol. The number of hydrogen-bond acceptors (Lipinski definition) is 5. The number of aliphatic hydroxyl groups excluding tert-OH is 1. The molecule has 1 rings (SSSR count). The summed E-state index contributed by atoms with van der Waals surface area (Å²) in [5, 5.41) is 14.7. The summed E-state index contributed by atoms with van der Waals surface area (Å²) in [6, 6.07) is 9.02. The fourth-order valence-electron chi connectivity index (χ4n) is 1.47. The van der Waals surface area contributed by atoms with Gasteiger partial charge < -0.3 is 26.2 Å². The Morgan fingerprint density at radius 2 is 2.11 bits per heavy atom. The van der Waals surface area contributed by atoms with Gasteiger partial charge in [-0.2, -0.15) is 0 Å². The zero-order valence-corrected chi connectivity index (χ0v) is 10.8. The monoisotopic (exact) mass is 267 g/mol. The summed E-state index contributed by atoms with van der Waals surface area (Å²) < 4.78 is 5.05. The van der Waals surface area contributed by atoms with E-state index in [1.165, 1.54) is 0 Å². The van der Waals surface area contributed by atoms with Crippen LogP contribution in [-0.2, 0) is 11.3 Å². The highest BCUT2D eigenvalue weighted by Crippen LogP contribution is 2.00. The first-order valence-corrected chi connectivity index (χ1v) is 6.25. The molecule has 6 heteroatoms. The molecule has 1 aromatic carbocycles. The molecule has 0 aromatic heterocycles. The van der Waals surface area contributed by atoms with Crippen molar-refractivity contribution in [1.82, 2.24) is 10.6 Å². The molecule has 0 saturated carbocycles. The summed E-state index contributed by atoms with van der Waals surface area (Å²) in [6.45, 7) is 1.65. The van der Waals surface area contributed by atoms with Crippen LogP contribution in [0, 0.1) is 0 Å². The van der Waals surface area contributed by atoms with E-state index in [1.807, 2.05) is 30.3 Å². The van der Waals surface area contributed by atoms with Crippen molar-refractivity contribution in [3.05, 3.63) is 35.9 Å². The zero-order chi connectivity index (χ0) is 13.9. The minimum Gasteiger partial charge on any atom is -0.445 e. The predicted molar refractivity (Wildman–Crippen MR) is 72.6 cm³/mol. The standard InChI is InChI=1S/C13H21N3O3/c14-6-7-15-8-12(9-17)16-13(18)19-10-11-4-2-1-3-5-11/h1-5,12,15,17H,6-10,14H2,(H,16,18)/t12-/m1/s1. The lowest BCUT2D eigenvalue weighted by molar-refractivity contribution is 0.129. The van der Waals surface area contributed by atoms with Gasteiger partial charge in [-0.15, -0.1) is 0 Å². The van der Waals surface area contributed by atoms with Gasteiger partial charge in [-0.3, -0.25) is 0 Å². The number of ether oxygens (including phenoxy) is 1. The molecule has 5 N–H and O–H groups in total. The van der Waals surface area contributed by atoms with Crippen LogP contribution in [0.15, 0.2) is 30.3 Å². The summed E-state index contributed by atoms with van der Waals surface area (Å²) in [4.78, 5) is 11.5. The van der Waals surface area contributed by atoms with Gasteiger partial charge in [0.1, 0.15) is 6.61 Å². The number of aliphatic hydroxyl groups is 1. The summed E-state index contributed by atoms with van der Waals surface area (Å²) in [7, 11) is 0. The van der Waals surface area contributed by atoms with Crippen molar-refractivity contribution in [2.24, 2.45) is 5.73 Å². The van der Waals surface area contributed by atoms with E-state index in [0.29, 0.717) is 19.6 Å². The van der Waals surface area contributed by atoms with E-state index in [4.69, 9.17) is 15.6 Å². The maximum absolute atomic E-state index is 11.5. The molecule has 0 aliphatic heterocycles. The molecule has 0 unspecified atom stereocenters. The SMILES string of the molecule is NCCNC[C@H](CO)NC(=O)OCc1ccccc1. The lowest BCUT2D eigenvalue weighted by Gasteiger charge is -2.16. The normalized spacial score (nSPS) is 11.9. The highest BCUT2D eigenvalue weighted by Gasteiger charge is 2.11. The van der Waals surface area contributed by atoms with Gasteiger partial charge in [0.15, 0.2) is 0 Å². The van der Waals surface area contributed by atoms with E-state index in [1.54, 1.807) is 0 Å². The molecule has 0 aliphatic carbocycles. The van der Waals surface area contributed by atoms with Crippen LogP contribution in [0.25, 0.3) is 0 Å². The average molecular weight is 267 g/mol. The summed E-state index contributed by atoms with van der Waals surface area (Å²) in [5.74, 6) is 0. The second-order valence-electron chi connectivity index (χ2n) is 4.08. The highest BCUT2D eigenvalue weighted by molar-refractivity contribution is 5.67. The zero-order valence-electron chi connectivity index (χ0n) is 10.8. The first-order chi connectivity index (χ1) is 9.26. The number of nitrogens with two attached hydrogens (primary N) is 1. The second kappa shape index (κ2) is 9.32. The van der Waals surface area contributed by atoms with Crippen molar-refractivity contribution in [2.45, 2.75) is 12.6 Å². The van der Waals surface area contributed by atoms with Crippen LogP contribution < -0.4 is 16.4 Å². The van der Waals surface area contributed by atoms with Crippen molar-refractivity contribution < 1.29 is 14.6 Å². The van der Waals surface area contributed by atoms with Crippen LogP contribution in [0.4, 0.5) is 4.79 Å². The van der Waals surface area contributed by atoms with Crippen LogP contribution in [0.5, 0.6) is 0 Å². The number of carbonyl (C=O) groups is 1. The molecule has 1 atom stereocenters. The fraction of sp³-hybridized carbons (Fsp3) is 0.462. The first kappa shape index (κ1) is 15.4. The van der Waals surface area contributed by atoms with Gasteiger partial charge in [0.25, 0.3) is 0 Å². The van der Waals surface area contributed by atoms with Gasteiger partial charge in [0.05, 0.1) is 12.6 Å². The van der Waals surface area contributed by atoms with E-state index >= 15 is 0 Å². The molecule has 0 radical (unpaired) electrons. The summed E-state index contributed by atoms with van der Waals surface area (Å²) >= 11 is 0. The van der Waals surface area contributed by atoms with Crippen LogP contribution in [0.2, 0.25) is 0 Å². The fourth-order valence-corrected chi connectivity index (χ4v) is 1.47. The molecule has 0 fully saturated rings. The number of rotatable bonds is 8. The molecule has 19 heavy (non-hydrogen) atoms. The maximum atomic E-state index is 11.5. The molecule has 0 spiro atoms. The molecule has 106 valence electrons. The largest absolute Gasteiger partial charge is 0.445 e. The van der Waals surface area contributed by atoms with Gasteiger partial charge in [0.2, 0.25) is 0 Å². The van der Waals surface area contributed by atoms with E-state index in [9.17, 15) is 4.79 Å². The van der Waals surface area contributed by atoms with Crippen LogP contribution in [0.1, 0.15) is 5.56 Å². The number of benzene rings is 1. The Labute approximate surface area is 112 Å². The molecule has 0 saturated heterocycles. The van der Waals surface area contributed by atoms with Crippen molar-refractivity contribution in [2.75, 3.05) is 26.2 Å². The van der Waals surface area contributed by atoms with Crippen LogP contribution in [-0.4, -0.2) is 43.5 Å². The van der Waals surface area contributed by atoms with E-state index < -0.39 is 6.09 Å². The van der Waals surface area contributed by atoms with Crippen LogP contribution in [0.3, 0.4) is 0 Å². The number of nitrogens with one attached hydrogen (secondary N) is 2. The Morgan fingerprint density at radius 1 is 1.37 bits per heavy atom. The summed E-state index contributed by atoms with van der Waals surface area (Å²) in [6.07, 6.45) is -0.544. The van der Waals surface area contributed by atoms with Crippen molar-refractivity contribution in [1.29, 1.82) is 0 Å². The van der Waals surface area contributed by atoms with Crippen molar-refractivity contribution >= 4 is 6.09 Å². The third-order valence-corrected chi connectivity index (χ3v) is 2.47. The van der Waals surface area contributed by atoms with E-state index in [0.717, 1.165) is 5.56 Å². The van der Waals surface area contributed by atoms with Gasteiger partial charge >= 0.3 is 6.09 Å². The van der Waals surface area contributed by atoms with Crippen molar-refractivity contribution in [3.63, 3.8) is 0 Å². The third kappa shape index (κ3) is 6.76. The quantitative estimate of drug-likeness (QED) is 0.490.